The summed E-state index contributed by atoms with van der Waals surface area (Å²) >= 11 is 0. The van der Waals surface area contributed by atoms with Crippen LogP contribution in [0.15, 0.2) is 18.2 Å². The van der Waals surface area contributed by atoms with Crippen LogP contribution >= 0.6 is 0 Å². The molecule has 0 spiro atoms. The van der Waals surface area contributed by atoms with Crippen LogP contribution in [0, 0.1) is 11.3 Å². The molecular weight excluding hydrogens is 290 g/mol. The van der Waals surface area contributed by atoms with Gasteiger partial charge < -0.3 is 19.3 Å². The lowest BCUT2D eigenvalue weighted by molar-refractivity contribution is 0.105. The quantitative estimate of drug-likeness (QED) is 0.620. The lowest BCUT2D eigenvalue weighted by atomic mass is 10.1. The number of nitrogens with zero attached hydrogens (tertiary/aromatic N) is 3. The van der Waals surface area contributed by atoms with Gasteiger partial charge in [-0.25, -0.2) is 9.59 Å². The van der Waals surface area contributed by atoms with Gasteiger partial charge in [-0.05, 0) is 18.2 Å². The summed E-state index contributed by atoms with van der Waals surface area (Å²) in [6.07, 6.45) is -1.40. The molecule has 1 rings (SSSR count). The van der Waals surface area contributed by atoms with Crippen LogP contribution in [0.2, 0.25) is 0 Å². The molecular formula is C14H15N3O5. The van der Waals surface area contributed by atoms with E-state index in [2.05, 4.69) is 0 Å². The van der Waals surface area contributed by atoms with Crippen LogP contribution in [0.5, 0.6) is 11.5 Å². The fraction of sp³-hybridized carbons (Fsp3) is 0.286. The van der Waals surface area contributed by atoms with Crippen molar-refractivity contribution in [3.63, 3.8) is 0 Å². The van der Waals surface area contributed by atoms with Gasteiger partial charge in [-0.3, -0.25) is 4.79 Å². The first kappa shape index (κ1) is 17.0. The normalized spacial score (nSPS) is 9.41. The second kappa shape index (κ2) is 7.08. The molecule has 1 aromatic carbocycles. The van der Waals surface area contributed by atoms with Crippen LogP contribution in [0.4, 0.5) is 9.59 Å². The van der Waals surface area contributed by atoms with Crippen molar-refractivity contribution in [2.75, 3.05) is 28.2 Å². The van der Waals surface area contributed by atoms with Gasteiger partial charge in [0.15, 0.2) is 11.5 Å². The third kappa shape index (κ3) is 4.21. The summed E-state index contributed by atoms with van der Waals surface area (Å²) in [5.74, 6) is -0.967. The van der Waals surface area contributed by atoms with Crippen molar-refractivity contribution in [1.29, 1.82) is 5.26 Å². The van der Waals surface area contributed by atoms with Gasteiger partial charge in [-0.1, -0.05) is 0 Å². The Bertz CT molecular complexity index is 646. The highest BCUT2D eigenvalue weighted by Crippen LogP contribution is 2.29. The van der Waals surface area contributed by atoms with Gasteiger partial charge in [-0.15, -0.1) is 0 Å². The predicted molar refractivity (Wildman–Crippen MR) is 75.8 cm³/mol. The largest absolute Gasteiger partial charge is 0.414 e. The maximum Gasteiger partial charge on any atom is 0.414 e. The number of hydrogen-bond donors (Lipinski definition) is 0. The van der Waals surface area contributed by atoms with E-state index in [1.165, 1.54) is 57.4 Å². The number of benzene rings is 1. The minimum Gasteiger partial charge on any atom is -0.406 e. The number of amides is 2. The van der Waals surface area contributed by atoms with Crippen LogP contribution in [0.3, 0.4) is 0 Å². The zero-order valence-electron chi connectivity index (χ0n) is 12.6. The number of carbonyl (C=O) groups excluding carboxylic acids is 3. The third-order valence-corrected chi connectivity index (χ3v) is 2.43. The lowest BCUT2D eigenvalue weighted by Gasteiger charge is -2.16. The second-order valence-electron chi connectivity index (χ2n) is 4.63. The number of ether oxygens (including phenoxy) is 2. The first-order chi connectivity index (χ1) is 10.3. The first-order valence-corrected chi connectivity index (χ1v) is 6.13. The van der Waals surface area contributed by atoms with Gasteiger partial charge in [0, 0.05) is 33.8 Å². The summed E-state index contributed by atoms with van der Waals surface area (Å²) in [6, 6.07) is 5.21. The highest BCUT2D eigenvalue weighted by molar-refractivity contribution is 6.07. The van der Waals surface area contributed by atoms with E-state index in [0.29, 0.717) is 0 Å². The first-order valence-electron chi connectivity index (χ1n) is 6.13. The monoisotopic (exact) mass is 305 g/mol. The molecule has 0 N–H and O–H groups in total. The fourth-order valence-corrected chi connectivity index (χ4v) is 1.25. The van der Waals surface area contributed by atoms with Crippen molar-refractivity contribution >= 4 is 18.0 Å². The number of nitriles is 1. The number of ketones is 1. The van der Waals surface area contributed by atoms with E-state index in [4.69, 9.17) is 14.7 Å². The number of rotatable bonds is 3. The summed E-state index contributed by atoms with van der Waals surface area (Å²) in [5.41, 5.74) is 0.0220. The van der Waals surface area contributed by atoms with Gasteiger partial charge in [0.25, 0.3) is 5.78 Å². The molecule has 22 heavy (non-hydrogen) atoms. The smallest absolute Gasteiger partial charge is 0.406 e. The Labute approximate surface area is 127 Å². The molecule has 0 saturated carbocycles. The van der Waals surface area contributed by atoms with E-state index < -0.39 is 18.0 Å². The van der Waals surface area contributed by atoms with Crippen LogP contribution in [-0.2, 0) is 0 Å². The average molecular weight is 305 g/mol. The molecule has 0 unspecified atom stereocenters. The zero-order chi connectivity index (χ0) is 16.9. The molecule has 1 aromatic rings. The van der Waals surface area contributed by atoms with E-state index in [0.717, 1.165) is 4.90 Å². The van der Waals surface area contributed by atoms with Crippen molar-refractivity contribution < 1.29 is 23.9 Å². The molecule has 0 radical (unpaired) electrons. The molecule has 0 heterocycles. The van der Waals surface area contributed by atoms with Gasteiger partial charge in [-0.2, -0.15) is 5.26 Å². The van der Waals surface area contributed by atoms with Crippen LogP contribution in [0.25, 0.3) is 0 Å². The number of carbonyl (C=O) groups is 3. The molecule has 0 aliphatic carbocycles. The van der Waals surface area contributed by atoms with Gasteiger partial charge in [0.1, 0.15) is 6.07 Å². The highest BCUT2D eigenvalue weighted by atomic mass is 16.6. The average Bonchev–Trinajstić information content (AvgIpc) is 2.47. The van der Waals surface area contributed by atoms with Crippen molar-refractivity contribution in [3.8, 4) is 17.6 Å². The second-order valence-corrected chi connectivity index (χ2v) is 4.63. The molecule has 2 amide bonds. The Morgan fingerprint density at radius 3 is 1.91 bits per heavy atom. The van der Waals surface area contributed by atoms with Crippen LogP contribution < -0.4 is 9.47 Å². The lowest BCUT2D eigenvalue weighted by Crippen LogP contribution is -2.27. The molecule has 0 fully saturated rings. The highest BCUT2D eigenvalue weighted by Gasteiger charge is 2.18. The molecule has 116 valence electrons. The molecule has 0 aliphatic heterocycles. The van der Waals surface area contributed by atoms with E-state index in [1.807, 2.05) is 0 Å². The van der Waals surface area contributed by atoms with E-state index in [1.54, 1.807) is 0 Å². The topological polar surface area (TPSA) is 99.9 Å². The predicted octanol–water partition coefficient (Wildman–Crippen LogP) is 1.51. The molecule has 8 nitrogen and oxygen atoms in total. The van der Waals surface area contributed by atoms with E-state index in [-0.39, 0.29) is 17.1 Å². The van der Waals surface area contributed by atoms with E-state index >= 15 is 0 Å². The summed E-state index contributed by atoms with van der Waals surface area (Å²) in [4.78, 5) is 37.0. The van der Waals surface area contributed by atoms with Crippen molar-refractivity contribution in [3.05, 3.63) is 23.8 Å². The van der Waals surface area contributed by atoms with E-state index in [9.17, 15) is 14.4 Å². The maximum atomic E-state index is 11.6. The molecule has 0 saturated heterocycles. The SMILES string of the molecule is CN(C)C(=O)Oc1ccc(C(=O)C#N)cc1OC(=O)N(C)C. The summed E-state index contributed by atoms with van der Waals surface area (Å²) < 4.78 is 10.1. The minimum absolute atomic E-state index is 0.0220. The molecule has 0 aliphatic rings. The standard InChI is InChI=1S/C14H15N3O5/c1-16(2)13(19)21-11-6-5-9(10(18)8-15)7-12(11)22-14(20)17(3)4/h5-7H,1-4H3. The Balaban J connectivity index is 3.19. The van der Waals surface area contributed by atoms with Crippen molar-refractivity contribution in [2.45, 2.75) is 0 Å². The van der Waals surface area contributed by atoms with Crippen LogP contribution in [0.1, 0.15) is 10.4 Å². The number of hydrogen-bond acceptors (Lipinski definition) is 6. The Hall–Kier alpha value is -3.08. The summed E-state index contributed by atoms with van der Waals surface area (Å²) in [6.45, 7) is 0. The summed E-state index contributed by atoms with van der Waals surface area (Å²) in [7, 11) is 5.92. The number of Topliss-reactive ketones (excluding diaryl/α,β-unsaturated/α-hetero) is 1. The van der Waals surface area contributed by atoms with Crippen molar-refractivity contribution in [2.24, 2.45) is 0 Å². The van der Waals surface area contributed by atoms with Crippen molar-refractivity contribution in [1.82, 2.24) is 9.80 Å². The van der Waals surface area contributed by atoms with Gasteiger partial charge >= 0.3 is 12.2 Å². The Morgan fingerprint density at radius 1 is 0.955 bits per heavy atom. The Kier molecular flexibility index (Phi) is 5.46. The molecule has 8 heteroatoms. The van der Waals surface area contributed by atoms with Crippen LogP contribution in [-0.4, -0.2) is 56.0 Å². The fourth-order valence-electron chi connectivity index (χ4n) is 1.25. The zero-order valence-corrected chi connectivity index (χ0v) is 12.6. The molecule has 0 atom stereocenters. The Morgan fingerprint density at radius 2 is 1.45 bits per heavy atom. The summed E-state index contributed by atoms with van der Waals surface area (Å²) in [5, 5.41) is 8.63. The van der Waals surface area contributed by atoms with Gasteiger partial charge in [0.05, 0.1) is 0 Å². The minimum atomic E-state index is -0.798. The van der Waals surface area contributed by atoms with Gasteiger partial charge in [0.2, 0.25) is 0 Å². The molecule has 0 bridgehead atoms. The molecule has 0 aromatic heterocycles. The maximum absolute atomic E-state index is 11.6. The third-order valence-electron chi connectivity index (χ3n) is 2.43.